The third kappa shape index (κ3) is 3.34. The highest BCUT2D eigenvalue weighted by molar-refractivity contribution is 6.10. The first-order chi connectivity index (χ1) is 7.95. The Morgan fingerprint density at radius 2 is 2.00 bits per heavy atom. The fraction of sp³-hybridized carbons (Fsp3) is 0.333. The molecule has 0 aliphatic carbocycles. The molecule has 5 heteroatoms. The zero-order valence-electron chi connectivity index (χ0n) is 9.50. The van der Waals surface area contributed by atoms with Crippen molar-refractivity contribution in [3.05, 3.63) is 29.3 Å². The van der Waals surface area contributed by atoms with Crippen LogP contribution in [0.4, 0.5) is 8.78 Å². The molecule has 17 heavy (non-hydrogen) atoms. The molecule has 0 aliphatic heterocycles. The van der Waals surface area contributed by atoms with Crippen LogP contribution in [0.25, 0.3) is 0 Å². The van der Waals surface area contributed by atoms with E-state index in [1.54, 1.807) is 19.1 Å². The smallest absolute Gasteiger partial charge is 0.296 e. The first-order valence-corrected chi connectivity index (χ1v) is 4.94. The highest BCUT2D eigenvalue weighted by Gasteiger charge is 2.22. The summed E-state index contributed by atoms with van der Waals surface area (Å²) in [6.07, 6.45) is -3.92. The minimum Gasteiger partial charge on any atom is -0.496 e. The van der Waals surface area contributed by atoms with Gasteiger partial charge in [0.1, 0.15) is 5.75 Å². The summed E-state index contributed by atoms with van der Waals surface area (Å²) in [6.45, 7) is 1.76. The van der Waals surface area contributed by atoms with Gasteiger partial charge < -0.3 is 4.74 Å². The van der Waals surface area contributed by atoms with E-state index in [4.69, 9.17) is 4.74 Å². The number of carbonyl (C=O) groups is 2. The van der Waals surface area contributed by atoms with Crippen molar-refractivity contribution in [2.75, 3.05) is 7.11 Å². The molecule has 0 aliphatic rings. The molecule has 0 aromatic heterocycles. The van der Waals surface area contributed by atoms with Crippen LogP contribution in [0, 0.1) is 6.92 Å². The van der Waals surface area contributed by atoms with Gasteiger partial charge in [0.25, 0.3) is 6.43 Å². The maximum Gasteiger partial charge on any atom is 0.296 e. The third-order valence-corrected chi connectivity index (χ3v) is 2.23. The first-order valence-electron chi connectivity index (χ1n) is 4.94. The van der Waals surface area contributed by atoms with Crippen LogP contribution in [0.3, 0.4) is 0 Å². The Hall–Kier alpha value is -1.78. The van der Waals surface area contributed by atoms with Gasteiger partial charge in [0.2, 0.25) is 5.78 Å². The van der Waals surface area contributed by atoms with Gasteiger partial charge in [-0.25, -0.2) is 8.78 Å². The lowest BCUT2D eigenvalue weighted by Crippen LogP contribution is -2.16. The molecule has 0 heterocycles. The van der Waals surface area contributed by atoms with Gasteiger partial charge in [-0.1, -0.05) is 11.6 Å². The van der Waals surface area contributed by atoms with Crippen LogP contribution in [0.1, 0.15) is 22.3 Å². The summed E-state index contributed by atoms with van der Waals surface area (Å²) in [5, 5.41) is 0. The summed E-state index contributed by atoms with van der Waals surface area (Å²) in [4.78, 5) is 22.5. The SMILES string of the molecule is COc1ccc(C)cc1C(=O)CC(=O)C(F)F. The van der Waals surface area contributed by atoms with Crippen molar-refractivity contribution in [2.24, 2.45) is 0 Å². The molecule has 92 valence electrons. The standard InChI is InChI=1S/C12H12F2O3/c1-7-3-4-11(17-2)8(5-7)9(15)6-10(16)12(13)14/h3-5,12H,6H2,1-2H3. The van der Waals surface area contributed by atoms with Crippen molar-refractivity contribution in [1.82, 2.24) is 0 Å². The number of carbonyl (C=O) groups excluding carboxylic acids is 2. The zero-order chi connectivity index (χ0) is 13.0. The van der Waals surface area contributed by atoms with Crippen molar-refractivity contribution in [2.45, 2.75) is 19.8 Å². The average molecular weight is 242 g/mol. The quantitative estimate of drug-likeness (QED) is 0.588. The number of ketones is 2. The van der Waals surface area contributed by atoms with Crippen LogP contribution in [-0.4, -0.2) is 25.1 Å². The summed E-state index contributed by atoms with van der Waals surface area (Å²) in [6, 6.07) is 4.81. The largest absolute Gasteiger partial charge is 0.496 e. The molecule has 0 unspecified atom stereocenters. The van der Waals surface area contributed by atoms with Crippen LogP contribution >= 0.6 is 0 Å². The number of methoxy groups -OCH3 is 1. The van der Waals surface area contributed by atoms with Crippen LogP contribution in [-0.2, 0) is 4.79 Å². The first kappa shape index (κ1) is 13.3. The predicted molar refractivity (Wildman–Crippen MR) is 57.7 cm³/mol. The van der Waals surface area contributed by atoms with Crippen LogP contribution in [0.2, 0.25) is 0 Å². The molecule has 0 amide bonds. The number of benzene rings is 1. The topological polar surface area (TPSA) is 43.4 Å². The Kier molecular flexibility index (Phi) is 4.31. The Morgan fingerprint density at radius 1 is 1.35 bits per heavy atom. The molecule has 0 atom stereocenters. The Bertz CT molecular complexity index is 441. The molecule has 0 saturated heterocycles. The van der Waals surface area contributed by atoms with Gasteiger partial charge in [0, 0.05) is 0 Å². The molecule has 0 radical (unpaired) electrons. The Balaban J connectivity index is 2.95. The second-order valence-corrected chi connectivity index (χ2v) is 3.57. The molecule has 1 rings (SSSR count). The van der Waals surface area contributed by atoms with Crippen molar-refractivity contribution >= 4 is 11.6 Å². The average Bonchev–Trinajstić information content (AvgIpc) is 2.28. The lowest BCUT2D eigenvalue weighted by Gasteiger charge is -2.08. The van der Waals surface area contributed by atoms with Gasteiger partial charge in [-0.2, -0.15) is 0 Å². The summed E-state index contributed by atoms with van der Waals surface area (Å²) >= 11 is 0. The lowest BCUT2D eigenvalue weighted by molar-refractivity contribution is -0.128. The van der Waals surface area contributed by atoms with E-state index in [1.165, 1.54) is 13.2 Å². The minimum atomic E-state index is -3.12. The van der Waals surface area contributed by atoms with Gasteiger partial charge in [0.05, 0.1) is 19.1 Å². The second-order valence-electron chi connectivity index (χ2n) is 3.57. The number of ether oxygens (including phenoxy) is 1. The third-order valence-electron chi connectivity index (χ3n) is 2.23. The summed E-state index contributed by atoms with van der Waals surface area (Å²) < 4.78 is 29.0. The fourth-order valence-corrected chi connectivity index (χ4v) is 1.37. The number of aryl methyl sites for hydroxylation is 1. The zero-order valence-corrected chi connectivity index (χ0v) is 9.50. The van der Waals surface area contributed by atoms with Gasteiger partial charge in [-0.05, 0) is 19.1 Å². The molecule has 1 aromatic carbocycles. The van der Waals surface area contributed by atoms with Crippen LogP contribution in [0.15, 0.2) is 18.2 Å². The molecule has 0 bridgehead atoms. The van der Waals surface area contributed by atoms with E-state index in [9.17, 15) is 18.4 Å². The highest BCUT2D eigenvalue weighted by Crippen LogP contribution is 2.21. The van der Waals surface area contributed by atoms with Crippen molar-refractivity contribution in [3.8, 4) is 5.75 Å². The van der Waals surface area contributed by atoms with Crippen molar-refractivity contribution in [1.29, 1.82) is 0 Å². The van der Waals surface area contributed by atoms with Gasteiger partial charge >= 0.3 is 0 Å². The maximum absolute atomic E-state index is 12.0. The van der Waals surface area contributed by atoms with Crippen LogP contribution < -0.4 is 4.74 Å². The summed E-state index contributed by atoms with van der Waals surface area (Å²) in [7, 11) is 1.37. The van der Waals surface area contributed by atoms with Crippen LogP contribution in [0.5, 0.6) is 5.75 Å². The molecule has 3 nitrogen and oxygen atoms in total. The van der Waals surface area contributed by atoms with E-state index >= 15 is 0 Å². The summed E-state index contributed by atoms with van der Waals surface area (Å²) in [5.41, 5.74) is 0.945. The van der Waals surface area contributed by atoms with Gasteiger partial charge in [-0.3, -0.25) is 9.59 Å². The second kappa shape index (κ2) is 5.52. The number of hydrogen-bond acceptors (Lipinski definition) is 3. The maximum atomic E-state index is 12.0. The number of alkyl halides is 2. The number of halogens is 2. The monoisotopic (exact) mass is 242 g/mol. The molecule has 0 N–H and O–H groups in total. The highest BCUT2D eigenvalue weighted by atomic mass is 19.3. The van der Waals surface area contributed by atoms with E-state index in [0.29, 0.717) is 0 Å². The van der Waals surface area contributed by atoms with E-state index in [1.807, 2.05) is 0 Å². The van der Waals surface area contributed by atoms with E-state index in [2.05, 4.69) is 0 Å². The molecular formula is C12H12F2O3. The van der Waals surface area contributed by atoms with E-state index in [-0.39, 0.29) is 11.3 Å². The van der Waals surface area contributed by atoms with E-state index in [0.717, 1.165) is 5.56 Å². The number of rotatable bonds is 5. The Morgan fingerprint density at radius 3 is 2.53 bits per heavy atom. The molecule has 0 spiro atoms. The number of Topliss-reactive ketones (excluding diaryl/α,β-unsaturated/α-hetero) is 2. The molecule has 1 aromatic rings. The van der Waals surface area contributed by atoms with Gasteiger partial charge in [-0.15, -0.1) is 0 Å². The number of hydrogen-bond donors (Lipinski definition) is 0. The fourth-order valence-electron chi connectivity index (χ4n) is 1.37. The molecule has 0 saturated carbocycles. The van der Waals surface area contributed by atoms with Gasteiger partial charge in [0.15, 0.2) is 5.78 Å². The lowest BCUT2D eigenvalue weighted by atomic mass is 10.0. The van der Waals surface area contributed by atoms with Crippen molar-refractivity contribution < 1.29 is 23.1 Å². The predicted octanol–water partition coefficient (Wildman–Crippen LogP) is 2.41. The molecule has 0 fully saturated rings. The minimum absolute atomic E-state index is 0.154. The van der Waals surface area contributed by atoms with E-state index < -0.39 is 24.4 Å². The normalized spacial score (nSPS) is 10.4. The Labute approximate surface area is 97.4 Å². The van der Waals surface area contributed by atoms with Crippen molar-refractivity contribution in [3.63, 3.8) is 0 Å². The summed E-state index contributed by atoms with van der Waals surface area (Å²) in [5.74, 6) is -1.75. The molecular weight excluding hydrogens is 230 g/mol.